The van der Waals surface area contributed by atoms with Gasteiger partial charge in [0.05, 0.1) is 5.60 Å². The first-order valence-corrected chi connectivity index (χ1v) is 10.3. The number of nitrogens with zero attached hydrogens (tertiary/aromatic N) is 1. The lowest BCUT2D eigenvalue weighted by molar-refractivity contribution is -0.168. The summed E-state index contributed by atoms with van der Waals surface area (Å²) in [4.78, 5) is 18.4. The molecule has 1 aliphatic heterocycles. The molecule has 4 heteroatoms. The van der Waals surface area contributed by atoms with Gasteiger partial charge >= 0.3 is 0 Å². The van der Waals surface area contributed by atoms with Gasteiger partial charge in [-0.1, -0.05) is 29.3 Å². The van der Waals surface area contributed by atoms with Crippen LogP contribution in [0.3, 0.4) is 0 Å². The molecule has 27 heavy (non-hydrogen) atoms. The molecule has 6 rings (SSSR count). The van der Waals surface area contributed by atoms with Gasteiger partial charge in [-0.2, -0.15) is 0 Å². The summed E-state index contributed by atoms with van der Waals surface area (Å²) in [5.74, 6) is 0.352. The Morgan fingerprint density at radius 2 is 2.07 bits per heavy atom. The van der Waals surface area contributed by atoms with Gasteiger partial charge in [-0.15, -0.1) is 0 Å². The van der Waals surface area contributed by atoms with E-state index in [4.69, 9.17) is 0 Å². The Hall–Kier alpha value is -1.91. The summed E-state index contributed by atoms with van der Waals surface area (Å²) in [6, 6.07) is 8.60. The minimum absolute atomic E-state index is 0.153. The van der Waals surface area contributed by atoms with Crippen LogP contribution in [0.4, 0.5) is 0 Å². The highest BCUT2D eigenvalue weighted by Gasteiger charge is 2.65. The number of likely N-dealkylation sites (tertiary alicyclic amines) is 1. The first-order valence-electron chi connectivity index (χ1n) is 10.3. The molecule has 1 aromatic heterocycles. The predicted octanol–water partition coefficient (Wildman–Crippen LogP) is 3.14. The Morgan fingerprint density at radius 3 is 2.96 bits per heavy atom. The second kappa shape index (κ2) is 5.12. The smallest absolute Gasteiger partial charge is 0.137 e. The van der Waals surface area contributed by atoms with Crippen LogP contribution in [0.1, 0.15) is 43.4 Å². The van der Waals surface area contributed by atoms with Crippen LogP contribution in [-0.2, 0) is 17.6 Å². The summed E-state index contributed by atoms with van der Waals surface area (Å²) in [6.07, 6.45) is 5.53. The number of hydrogen-bond acceptors (Lipinski definition) is 3. The van der Waals surface area contributed by atoms with Gasteiger partial charge in [0.15, 0.2) is 0 Å². The van der Waals surface area contributed by atoms with Crippen LogP contribution in [-0.4, -0.2) is 46.0 Å². The molecular formula is C23H26N2O2. The predicted molar refractivity (Wildman–Crippen MR) is 105 cm³/mol. The van der Waals surface area contributed by atoms with E-state index in [0.29, 0.717) is 25.0 Å². The van der Waals surface area contributed by atoms with Crippen molar-refractivity contribution in [3.05, 3.63) is 46.7 Å². The summed E-state index contributed by atoms with van der Waals surface area (Å²) in [5, 5.41) is 13.5. The molecule has 0 radical (unpaired) electrons. The van der Waals surface area contributed by atoms with Crippen molar-refractivity contribution in [1.29, 1.82) is 0 Å². The number of piperidine rings is 1. The number of benzene rings is 1. The molecule has 1 saturated heterocycles. The molecule has 2 heterocycles. The third-order valence-electron chi connectivity index (χ3n) is 8.15. The molecule has 4 aliphatic rings. The largest absolute Gasteiger partial charge is 0.387 e. The summed E-state index contributed by atoms with van der Waals surface area (Å²) in [7, 11) is 2.16. The van der Waals surface area contributed by atoms with Crippen LogP contribution in [0.25, 0.3) is 10.9 Å². The minimum atomic E-state index is -0.783. The second-order valence-corrected chi connectivity index (χ2v) is 9.24. The fourth-order valence-electron chi connectivity index (χ4n) is 6.79. The van der Waals surface area contributed by atoms with Gasteiger partial charge in [-0.05, 0) is 44.5 Å². The SMILES string of the molecule is CN1CC[C@@]23Cc4[nH]c5ccccc5c4C[C@@]2(O)[C@@H]1CC1=C3CC(=O)CC1. The van der Waals surface area contributed by atoms with Gasteiger partial charge in [0, 0.05) is 53.7 Å². The molecule has 3 aliphatic carbocycles. The number of carbonyl (C=O) groups is 1. The lowest BCUT2D eigenvalue weighted by Crippen LogP contribution is -2.71. The van der Waals surface area contributed by atoms with Crippen molar-refractivity contribution < 1.29 is 9.90 Å². The Kier molecular flexibility index (Phi) is 3.05. The van der Waals surface area contributed by atoms with Crippen molar-refractivity contribution in [2.24, 2.45) is 5.41 Å². The highest BCUT2D eigenvalue weighted by Crippen LogP contribution is 2.61. The third kappa shape index (κ3) is 1.88. The van der Waals surface area contributed by atoms with Crippen molar-refractivity contribution in [3.8, 4) is 0 Å². The minimum Gasteiger partial charge on any atom is -0.387 e. The fourth-order valence-corrected chi connectivity index (χ4v) is 6.79. The number of aliphatic hydroxyl groups is 1. The second-order valence-electron chi connectivity index (χ2n) is 9.24. The van der Waals surface area contributed by atoms with Gasteiger partial charge in [0.25, 0.3) is 0 Å². The molecule has 2 aromatic rings. The number of likely N-dealkylation sites (N-methyl/N-ethyl adjacent to an activating group) is 1. The van der Waals surface area contributed by atoms with E-state index in [0.717, 1.165) is 37.7 Å². The van der Waals surface area contributed by atoms with E-state index in [1.165, 1.54) is 27.8 Å². The lowest BCUT2D eigenvalue weighted by Gasteiger charge is -2.64. The number of fused-ring (bicyclic) bond motifs is 3. The molecule has 0 spiro atoms. The molecule has 1 aromatic carbocycles. The van der Waals surface area contributed by atoms with Gasteiger partial charge in [-0.3, -0.25) is 4.79 Å². The average molecular weight is 362 g/mol. The van der Waals surface area contributed by atoms with E-state index in [9.17, 15) is 9.90 Å². The molecule has 2 N–H and O–H groups in total. The van der Waals surface area contributed by atoms with Crippen LogP contribution in [0.15, 0.2) is 35.4 Å². The van der Waals surface area contributed by atoms with Gasteiger partial charge in [0.2, 0.25) is 0 Å². The number of ketones is 1. The first-order chi connectivity index (χ1) is 13.0. The van der Waals surface area contributed by atoms with Crippen LogP contribution in [0, 0.1) is 5.41 Å². The van der Waals surface area contributed by atoms with Crippen LogP contribution < -0.4 is 0 Å². The number of para-hydroxylation sites is 1. The lowest BCUT2D eigenvalue weighted by atomic mass is 9.48. The number of hydrogen-bond donors (Lipinski definition) is 2. The number of H-pyrrole nitrogens is 1. The zero-order valence-electron chi connectivity index (χ0n) is 15.8. The fraction of sp³-hybridized carbons (Fsp3) is 0.522. The third-order valence-corrected chi connectivity index (χ3v) is 8.15. The number of Topliss-reactive ketones (excluding diaryl/α,β-unsaturated/α-hetero) is 1. The van der Waals surface area contributed by atoms with E-state index < -0.39 is 5.60 Å². The summed E-state index contributed by atoms with van der Waals surface area (Å²) in [6.45, 7) is 0.994. The van der Waals surface area contributed by atoms with E-state index in [1.807, 2.05) is 0 Å². The van der Waals surface area contributed by atoms with Gasteiger partial charge < -0.3 is 15.0 Å². The Bertz CT molecular complexity index is 1020. The van der Waals surface area contributed by atoms with E-state index in [2.05, 4.69) is 41.2 Å². The van der Waals surface area contributed by atoms with Crippen LogP contribution in [0.5, 0.6) is 0 Å². The summed E-state index contributed by atoms with van der Waals surface area (Å²) >= 11 is 0. The van der Waals surface area contributed by atoms with Crippen LogP contribution >= 0.6 is 0 Å². The average Bonchev–Trinajstić information content (AvgIpc) is 3.00. The molecule has 0 saturated carbocycles. The monoisotopic (exact) mass is 362 g/mol. The maximum absolute atomic E-state index is 12.4. The van der Waals surface area contributed by atoms with E-state index in [1.54, 1.807) is 0 Å². The summed E-state index contributed by atoms with van der Waals surface area (Å²) in [5.41, 5.74) is 5.44. The van der Waals surface area contributed by atoms with Crippen molar-refractivity contribution in [2.75, 3.05) is 13.6 Å². The van der Waals surface area contributed by atoms with Crippen LogP contribution in [0.2, 0.25) is 0 Å². The molecule has 140 valence electrons. The Labute approximate surface area is 159 Å². The Morgan fingerprint density at radius 1 is 1.22 bits per heavy atom. The number of aromatic amines is 1. The molecule has 1 fully saturated rings. The normalized spacial score (nSPS) is 35.8. The maximum Gasteiger partial charge on any atom is 0.137 e. The molecular weight excluding hydrogens is 336 g/mol. The maximum atomic E-state index is 12.4. The molecule has 2 bridgehead atoms. The zero-order valence-corrected chi connectivity index (χ0v) is 15.8. The standard InChI is InChI=1S/C23H26N2O2/c1-25-9-8-22-13-20-17(16-4-2-3-5-19(16)24-20)12-23(22,27)21(25)10-14-6-7-15(26)11-18(14)22/h2-5,21,24,27H,6-13H2,1H3/t21-,22-,23+/m0/s1. The first kappa shape index (κ1) is 16.1. The highest BCUT2D eigenvalue weighted by molar-refractivity contribution is 5.86. The van der Waals surface area contributed by atoms with Crippen molar-refractivity contribution in [3.63, 3.8) is 0 Å². The zero-order chi connectivity index (χ0) is 18.4. The van der Waals surface area contributed by atoms with E-state index in [-0.39, 0.29) is 11.5 Å². The molecule has 3 atom stereocenters. The number of rotatable bonds is 0. The summed E-state index contributed by atoms with van der Waals surface area (Å²) < 4.78 is 0. The quantitative estimate of drug-likeness (QED) is 0.708. The Balaban J connectivity index is 1.61. The number of aromatic nitrogens is 1. The number of nitrogens with one attached hydrogen (secondary N) is 1. The highest BCUT2D eigenvalue weighted by atomic mass is 16.3. The van der Waals surface area contributed by atoms with E-state index >= 15 is 0 Å². The van der Waals surface area contributed by atoms with Crippen molar-refractivity contribution in [1.82, 2.24) is 9.88 Å². The number of carbonyl (C=O) groups excluding carboxylic acids is 1. The molecule has 0 amide bonds. The van der Waals surface area contributed by atoms with Gasteiger partial charge in [0.1, 0.15) is 5.78 Å². The van der Waals surface area contributed by atoms with Crippen molar-refractivity contribution in [2.45, 2.75) is 56.6 Å². The molecule has 0 unspecified atom stereocenters. The van der Waals surface area contributed by atoms with Crippen molar-refractivity contribution >= 4 is 16.7 Å². The molecule has 4 nitrogen and oxygen atoms in total. The van der Waals surface area contributed by atoms with Gasteiger partial charge in [-0.25, -0.2) is 0 Å². The topological polar surface area (TPSA) is 56.3 Å².